The van der Waals surface area contributed by atoms with Crippen molar-refractivity contribution in [2.75, 3.05) is 26.2 Å². The van der Waals surface area contributed by atoms with E-state index in [9.17, 15) is 35.5 Å². The summed E-state index contributed by atoms with van der Waals surface area (Å²) in [6, 6.07) is 8.80. The molecule has 0 aliphatic heterocycles. The molecule has 0 saturated carbocycles. The molecule has 0 radical (unpaired) electrons. The van der Waals surface area contributed by atoms with E-state index in [-0.39, 0.29) is 17.0 Å². The van der Waals surface area contributed by atoms with Gasteiger partial charge >= 0.3 is 18.0 Å². The summed E-state index contributed by atoms with van der Waals surface area (Å²) in [6.07, 6.45) is -9.34. The number of rotatable bonds is 6. The number of carbonyl (C=O) groups excluding carboxylic acids is 1. The van der Waals surface area contributed by atoms with Crippen LogP contribution in [-0.4, -0.2) is 39.5 Å². The number of carbonyl (C=O) groups is 1. The maximum atomic E-state index is 14.6. The standard InChI is InChI=1S/C24H18Br2F7N2O3/c1-34(19-17(25)11-14(12-18(19)26)22(27,23(28,29)30)24(31,32)33)21(36)16-6-4-5-15(20(16)37-2)13-7-9-35(38-3)10-8-13/h4-12H,1-3H3/q+1. The molecule has 0 aliphatic rings. The number of hydrogen-bond donors (Lipinski definition) is 0. The average molecular weight is 675 g/mol. The van der Waals surface area contributed by atoms with Crippen molar-refractivity contribution in [1.82, 2.24) is 0 Å². The number of benzene rings is 2. The molecule has 0 N–H and O–H groups in total. The number of aromatic nitrogens is 1. The first-order valence-corrected chi connectivity index (χ1v) is 12.0. The molecule has 1 aromatic heterocycles. The maximum Gasteiger partial charge on any atom is 0.435 e. The molecule has 38 heavy (non-hydrogen) atoms. The van der Waals surface area contributed by atoms with Crippen LogP contribution in [0.3, 0.4) is 0 Å². The van der Waals surface area contributed by atoms with E-state index in [4.69, 9.17) is 9.57 Å². The zero-order chi connectivity index (χ0) is 28.6. The Kier molecular flexibility index (Phi) is 8.37. The predicted octanol–water partition coefficient (Wildman–Crippen LogP) is 6.80. The van der Waals surface area contributed by atoms with Gasteiger partial charge in [-0.15, -0.1) is 0 Å². The van der Waals surface area contributed by atoms with Crippen molar-refractivity contribution in [3.63, 3.8) is 0 Å². The van der Waals surface area contributed by atoms with Gasteiger partial charge in [-0.2, -0.15) is 26.3 Å². The molecule has 0 unspecified atom stereocenters. The largest absolute Gasteiger partial charge is 0.495 e. The van der Waals surface area contributed by atoms with Crippen LogP contribution in [0.2, 0.25) is 0 Å². The normalized spacial score (nSPS) is 12.3. The van der Waals surface area contributed by atoms with E-state index in [1.165, 1.54) is 32.1 Å². The van der Waals surface area contributed by atoms with Crippen molar-refractivity contribution in [3.8, 4) is 16.9 Å². The number of alkyl halides is 7. The van der Waals surface area contributed by atoms with E-state index in [1.54, 1.807) is 36.7 Å². The molecule has 3 aromatic rings. The van der Waals surface area contributed by atoms with Crippen LogP contribution in [0.1, 0.15) is 15.9 Å². The molecule has 0 bridgehead atoms. The second kappa shape index (κ2) is 10.7. The topological polar surface area (TPSA) is 42.7 Å². The number of hydrogen-bond acceptors (Lipinski definition) is 3. The summed E-state index contributed by atoms with van der Waals surface area (Å²) in [5.41, 5.74) is -6.25. The first kappa shape index (κ1) is 29.7. The smallest absolute Gasteiger partial charge is 0.435 e. The van der Waals surface area contributed by atoms with Gasteiger partial charge in [0.1, 0.15) is 12.9 Å². The van der Waals surface area contributed by atoms with Gasteiger partial charge in [-0.1, -0.05) is 12.1 Å². The van der Waals surface area contributed by atoms with Crippen molar-refractivity contribution < 1.29 is 49.8 Å². The van der Waals surface area contributed by atoms with Crippen LogP contribution in [0.25, 0.3) is 11.1 Å². The number of halogens is 9. The first-order valence-electron chi connectivity index (χ1n) is 10.4. The summed E-state index contributed by atoms with van der Waals surface area (Å²) < 4.78 is 100. The molecule has 0 spiro atoms. The molecule has 0 atom stereocenters. The Labute approximate surface area is 229 Å². The van der Waals surface area contributed by atoms with Gasteiger partial charge in [0, 0.05) is 44.0 Å². The van der Waals surface area contributed by atoms with E-state index in [1.807, 2.05) is 0 Å². The van der Waals surface area contributed by atoms with Gasteiger partial charge in [0.25, 0.3) is 5.91 Å². The molecule has 0 aliphatic carbocycles. The molecule has 3 rings (SSSR count). The van der Waals surface area contributed by atoms with Gasteiger partial charge in [0.05, 0.1) is 18.4 Å². The Morgan fingerprint density at radius 3 is 1.87 bits per heavy atom. The fourth-order valence-electron chi connectivity index (χ4n) is 3.72. The predicted molar refractivity (Wildman–Crippen MR) is 131 cm³/mol. The van der Waals surface area contributed by atoms with Crippen molar-refractivity contribution in [1.29, 1.82) is 0 Å². The molecule has 1 heterocycles. The number of para-hydroxylation sites is 1. The molecule has 0 saturated heterocycles. The van der Waals surface area contributed by atoms with Crippen molar-refractivity contribution in [2.45, 2.75) is 18.0 Å². The van der Waals surface area contributed by atoms with Gasteiger partial charge in [0.2, 0.25) is 12.4 Å². The van der Waals surface area contributed by atoms with Gasteiger partial charge in [-0.3, -0.25) is 9.63 Å². The van der Waals surface area contributed by atoms with Crippen molar-refractivity contribution in [2.24, 2.45) is 0 Å². The number of amides is 1. The summed E-state index contributed by atoms with van der Waals surface area (Å²) >= 11 is 5.79. The first-order chi connectivity index (χ1) is 17.6. The number of anilines is 1. The molecule has 204 valence electrons. The lowest BCUT2D eigenvalue weighted by atomic mass is 9.94. The highest BCUT2D eigenvalue weighted by atomic mass is 79.9. The second-order valence-corrected chi connectivity index (χ2v) is 9.53. The molecule has 0 fully saturated rings. The fraction of sp³-hybridized carbons (Fsp3) is 0.250. The zero-order valence-corrected chi connectivity index (χ0v) is 22.9. The molecule has 1 amide bonds. The quantitative estimate of drug-likeness (QED) is 0.214. The minimum Gasteiger partial charge on any atom is -0.495 e. The minimum absolute atomic E-state index is 0.0456. The van der Waals surface area contributed by atoms with E-state index in [0.717, 1.165) is 4.90 Å². The summed E-state index contributed by atoms with van der Waals surface area (Å²) in [6.45, 7) is 0. The third-order valence-corrected chi connectivity index (χ3v) is 6.82. The molecular weight excluding hydrogens is 657 g/mol. The monoisotopic (exact) mass is 673 g/mol. The van der Waals surface area contributed by atoms with Crippen molar-refractivity contribution >= 4 is 43.5 Å². The van der Waals surface area contributed by atoms with E-state index in [0.29, 0.717) is 23.3 Å². The number of pyridine rings is 1. The highest BCUT2D eigenvalue weighted by Gasteiger charge is 2.73. The Morgan fingerprint density at radius 2 is 1.42 bits per heavy atom. The summed E-state index contributed by atoms with van der Waals surface area (Å²) in [4.78, 5) is 19.5. The van der Waals surface area contributed by atoms with Crippen LogP contribution >= 0.6 is 31.9 Å². The zero-order valence-electron chi connectivity index (χ0n) is 19.7. The van der Waals surface area contributed by atoms with E-state index >= 15 is 0 Å². The highest BCUT2D eigenvalue weighted by molar-refractivity contribution is 9.11. The van der Waals surface area contributed by atoms with Gasteiger partial charge in [-0.25, -0.2) is 4.39 Å². The Bertz CT molecular complexity index is 1310. The van der Waals surface area contributed by atoms with Gasteiger partial charge in [-0.05, 0) is 55.6 Å². The van der Waals surface area contributed by atoms with Crippen molar-refractivity contribution in [3.05, 3.63) is 74.9 Å². The maximum absolute atomic E-state index is 14.6. The van der Waals surface area contributed by atoms with Gasteiger partial charge in [0.15, 0.2) is 0 Å². The molecular formula is C24H18Br2F7N2O3+. The van der Waals surface area contributed by atoms with Crippen LogP contribution in [0.5, 0.6) is 5.75 Å². The van der Waals surface area contributed by atoms with Crippen LogP contribution in [-0.2, 0) is 5.67 Å². The summed E-state index contributed by atoms with van der Waals surface area (Å²) in [5, 5.41) is 0. The highest BCUT2D eigenvalue weighted by Crippen LogP contribution is 2.54. The number of ether oxygens (including phenoxy) is 1. The fourth-order valence-corrected chi connectivity index (χ4v) is 5.44. The lowest BCUT2D eigenvalue weighted by Gasteiger charge is -2.31. The Hall–Kier alpha value is -2.87. The lowest BCUT2D eigenvalue weighted by Crippen LogP contribution is -2.50. The molecule has 14 heteroatoms. The Balaban J connectivity index is 2.08. The number of nitrogens with zero attached hydrogens (tertiary/aromatic N) is 2. The average Bonchev–Trinajstić information content (AvgIpc) is 2.85. The third-order valence-electron chi connectivity index (χ3n) is 5.61. The van der Waals surface area contributed by atoms with Crippen LogP contribution in [0.4, 0.5) is 36.4 Å². The van der Waals surface area contributed by atoms with Crippen LogP contribution in [0.15, 0.2) is 63.8 Å². The minimum atomic E-state index is -6.29. The van der Waals surface area contributed by atoms with E-state index in [2.05, 4.69) is 31.9 Å². The van der Waals surface area contributed by atoms with Crippen LogP contribution < -0.4 is 19.2 Å². The Morgan fingerprint density at radius 1 is 0.895 bits per heavy atom. The SMILES string of the molecule is COc1c(C(=O)N(C)c2c(Br)cc(C(F)(C(F)(F)F)C(F)(F)F)cc2Br)cccc1-c1cc[n+](OC)cc1. The van der Waals surface area contributed by atoms with Crippen LogP contribution in [0, 0.1) is 0 Å². The molecule has 5 nitrogen and oxygen atoms in total. The lowest BCUT2D eigenvalue weighted by molar-refractivity contribution is -0.885. The third kappa shape index (κ3) is 5.20. The second-order valence-electron chi connectivity index (χ2n) is 7.82. The summed E-state index contributed by atoms with van der Waals surface area (Å²) in [5.74, 6) is -0.542. The molecule has 2 aromatic carbocycles. The van der Waals surface area contributed by atoms with E-state index < -0.39 is 38.4 Å². The van der Waals surface area contributed by atoms with Gasteiger partial charge < -0.3 is 9.64 Å². The summed E-state index contributed by atoms with van der Waals surface area (Å²) in [7, 11) is 4.06. The number of methoxy groups -OCH3 is 1.